The van der Waals surface area contributed by atoms with E-state index >= 15 is 0 Å². The first-order chi connectivity index (χ1) is 8.03. The van der Waals surface area contributed by atoms with Crippen LogP contribution >= 0.6 is 0 Å². The van der Waals surface area contributed by atoms with Gasteiger partial charge in [-0.05, 0) is 25.5 Å². The molecule has 2 aromatic rings. The zero-order valence-electron chi connectivity index (χ0n) is 10.9. The largest absolute Gasteiger partial charge is 0.441 e. The van der Waals surface area contributed by atoms with E-state index in [1.807, 2.05) is 18.3 Å². The third kappa shape index (κ3) is 2.41. The van der Waals surface area contributed by atoms with Crippen LogP contribution < -0.4 is 0 Å². The van der Waals surface area contributed by atoms with Crippen molar-refractivity contribution < 1.29 is 4.42 Å². The normalized spacial score (nSPS) is 11.8. The zero-order valence-corrected chi connectivity index (χ0v) is 10.9. The summed E-state index contributed by atoms with van der Waals surface area (Å²) in [4.78, 5) is 4.36. The molecule has 0 atom stereocenters. The predicted molar refractivity (Wildman–Crippen MR) is 70.0 cm³/mol. The van der Waals surface area contributed by atoms with Crippen molar-refractivity contribution in [1.82, 2.24) is 4.98 Å². The highest BCUT2D eigenvalue weighted by Gasteiger charge is 2.23. The van der Waals surface area contributed by atoms with Gasteiger partial charge in [-0.15, -0.1) is 0 Å². The average Bonchev–Trinajstić information content (AvgIpc) is 2.80. The third-order valence-corrected chi connectivity index (χ3v) is 3.36. The van der Waals surface area contributed by atoms with E-state index in [2.05, 4.69) is 44.8 Å². The van der Waals surface area contributed by atoms with E-state index in [0.717, 1.165) is 17.7 Å². The van der Waals surface area contributed by atoms with Gasteiger partial charge in [0.15, 0.2) is 0 Å². The Bertz CT molecular complexity index is 494. The molecule has 0 unspecified atom stereocenters. The summed E-state index contributed by atoms with van der Waals surface area (Å²) < 4.78 is 5.85. The Kier molecular flexibility index (Phi) is 3.05. The first-order valence-corrected chi connectivity index (χ1v) is 6.06. The van der Waals surface area contributed by atoms with Crippen molar-refractivity contribution in [2.45, 2.75) is 39.5 Å². The van der Waals surface area contributed by atoms with Crippen LogP contribution in [0.2, 0.25) is 0 Å². The highest BCUT2D eigenvalue weighted by Crippen LogP contribution is 2.30. The van der Waals surface area contributed by atoms with Crippen molar-refractivity contribution in [3.8, 4) is 11.5 Å². The molecule has 1 aromatic carbocycles. The summed E-state index contributed by atoms with van der Waals surface area (Å²) in [6, 6.07) is 8.24. The lowest BCUT2D eigenvalue weighted by molar-refractivity contribution is 0.380. The Morgan fingerprint density at radius 2 is 1.82 bits per heavy atom. The quantitative estimate of drug-likeness (QED) is 0.782. The van der Waals surface area contributed by atoms with Crippen LogP contribution in [0, 0.1) is 6.92 Å². The molecule has 2 nitrogen and oxygen atoms in total. The lowest BCUT2D eigenvalue weighted by Crippen LogP contribution is -2.13. The van der Waals surface area contributed by atoms with Gasteiger partial charge in [-0.2, -0.15) is 0 Å². The summed E-state index contributed by atoms with van der Waals surface area (Å²) in [6.07, 6.45) is 2.88. The van der Waals surface area contributed by atoms with Crippen LogP contribution in [0.15, 0.2) is 34.9 Å². The van der Waals surface area contributed by atoms with E-state index in [-0.39, 0.29) is 5.41 Å². The van der Waals surface area contributed by atoms with Crippen LogP contribution in [0.3, 0.4) is 0 Å². The number of rotatable bonds is 3. The van der Waals surface area contributed by atoms with Gasteiger partial charge < -0.3 is 4.42 Å². The summed E-state index contributed by atoms with van der Waals surface area (Å²) in [6.45, 7) is 8.58. The molecule has 1 heterocycles. The fraction of sp³-hybridized carbons (Fsp3) is 0.400. The van der Waals surface area contributed by atoms with Crippen LogP contribution in [0.5, 0.6) is 0 Å². The smallest absolute Gasteiger partial charge is 0.226 e. The number of hydrogen-bond acceptors (Lipinski definition) is 2. The summed E-state index contributed by atoms with van der Waals surface area (Å²) in [5.41, 5.74) is 2.33. The molecule has 0 aliphatic rings. The highest BCUT2D eigenvalue weighted by molar-refractivity contribution is 5.53. The summed E-state index contributed by atoms with van der Waals surface area (Å²) >= 11 is 0. The lowest BCUT2D eigenvalue weighted by Gasteiger charge is -2.18. The highest BCUT2D eigenvalue weighted by atomic mass is 16.4. The lowest BCUT2D eigenvalue weighted by atomic mass is 9.88. The summed E-state index contributed by atoms with van der Waals surface area (Å²) in [5, 5.41) is 0. The minimum Gasteiger partial charge on any atom is -0.441 e. The number of aromatic nitrogens is 1. The summed E-state index contributed by atoms with van der Waals surface area (Å²) in [7, 11) is 0. The SMILES string of the molecule is CCC(C)(C)c1cnc(-c2ccc(C)cc2)o1. The van der Waals surface area contributed by atoms with Gasteiger partial charge in [0, 0.05) is 11.0 Å². The molecule has 0 bridgehead atoms. The van der Waals surface area contributed by atoms with Crippen molar-refractivity contribution >= 4 is 0 Å². The van der Waals surface area contributed by atoms with Gasteiger partial charge in [0.25, 0.3) is 0 Å². The maximum absolute atomic E-state index is 5.85. The van der Waals surface area contributed by atoms with Crippen molar-refractivity contribution in [2.75, 3.05) is 0 Å². The second kappa shape index (κ2) is 4.36. The maximum Gasteiger partial charge on any atom is 0.226 e. The van der Waals surface area contributed by atoms with E-state index in [1.165, 1.54) is 5.56 Å². The van der Waals surface area contributed by atoms with E-state index in [1.54, 1.807) is 0 Å². The predicted octanol–water partition coefficient (Wildman–Crippen LogP) is 4.34. The molecule has 0 spiro atoms. The number of nitrogens with zero attached hydrogens (tertiary/aromatic N) is 1. The summed E-state index contributed by atoms with van der Waals surface area (Å²) in [5.74, 6) is 1.66. The molecule has 0 saturated heterocycles. The molecule has 0 N–H and O–H groups in total. The molecule has 0 aliphatic heterocycles. The Morgan fingerprint density at radius 1 is 1.18 bits per heavy atom. The van der Waals surface area contributed by atoms with Crippen LogP contribution in [0.25, 0.3) is 11.5 Å². The molecule has 0 saturated carbocycles. The van der Waals surface area contributed by atoms with Gasteiger partial charge in [-0.1, -0.05) is 38.5 Å². The minimum absolute atomic E-state index is 0.0515. The molecule has 2 heteroatoms. The first kappa shape index (κ1) is 11.9. The molecular weight excluding hydrogens is 210 g/mol. The fourth-order valence-electron chi connectivity index (χ4n) is 1.59. The molecule has 2 rings (SSSR count). The molecular formula is C15H19NO. The molecule has 1 aromatic heterocycles. The van der Waals surface area contributed by atoms with E-state index in [9.17, 15) is 0 Å². The van der Waals surface area contributed by atoms with Gasteiger partial charge >= 0.3 is 0 Å². The van der Waals surface area contributed by atoms with Crippen LogP contribution in [-0.4, -0.2) is 4.98 Å². The standard InChI is InChI=1S/C15H19NO/c1-5-15(3,4)13-10-16-14(17-13)12-8-6-11(2)7-9-12/h6-10H,5H2,1-4H3. The van der Waals surface area contributed by atoms with Gasteiger partial charge in [0.05, 0.1) is 6.20 Å². The number of aryl methyl sites for hydroxylation is 1. The molecule has 17 heavy (non-hydrogen) atoms. The molecule has 0 aliphatic carbocycles. The Morgan fingerprint density at radius 3 is 2.41 bits per heavy atom. The Balaban J connectivity index is 2.33. The van der Waals surface area contributed by atoms with Gasteiger partial charge in [-0.25, -0.2) is 4.98 Å². The second-order valence-corrected chi connectivity index (χ2v) is 5.13. The second-order valence-electron chi connectivity index (χ2n) is 5.13. The fourth-order valence-corrected chi connectivity index (χ4v) is 1.59. The molecule has 0 amide bonds. The molecule has 0 radical (unpaired) electrons. The average molecular weight is 229 g/mol. The van der Waals surface area contributed by atoms with E-state index in [4.69, 9.17) is 4.42 Å². The van der Waals surface area contributed by atoms with Gasteiger partial charge in [-0.3, -0.25) is 0 Å². The zero-order chi connectivity index (χ0) is 12.5. The Labute approximate surface area is 103 Å². The van der Waals surface area contributed by atoms with Gasteiger partial charge in [0.2, 0.25) is 5.89 Å². The first-order valence-electron chi connectivity index (χ1n) is 6.06. The number of oxazole rings is 1. The van der Waals surface area contributed by atoms with Crippen molar-refractivity contribution in [3.63, 3.8) is 0 Å². The Hall–Kier alpha value is -1.57. The van der Waals surface area contributed by atoms with Crippen molar-refractivity contribution in [3.05, 3.63) is 41.8 Å². The third-order valence-electron chi connectivity index (χ3n) is 3.36. The molecule has 90 valence electrons. The molecule has 0 fully saturated rings. The maximum atomic E-state index is 5.85. The van der Waals surface area contributed by atoms with Crippen LogP contribution in [0.4, 0.5) is 0 Å². The van der Waals surface area contributed by atoms with E-state index < -0.39 is 0 Å². The monoisotopic (exact) mass is 229 g/mol. The number of hydrogen-bond donors (Lipinski definition) is 0. The van der Waals surface area contributed by atoms with Crippen LogP contribution in [-0.2, 0) is 5.41 Å². The number of benzene rings is 1. The topological polar surface area (TPSA) is 26.0 Å². The van der Waals surface area contributed by atoms with E-state index in [0.29, 0.717) is 5.89 Å². The van der Waals surface area contributed by atoms with Gasteiger partial charge in [0.1, 0.15) is 5.76 Å². The minimum atomic E-state index is 0.0515. The van der Waals surface area contributed by atoms with Crippen LogP contribution in [0.1, 0.15) is 38.5 Å². The van der Waals surface area contributed by atoms with Crippen molar-refractivity contribution in [2.24, 2.45) is 0 Å². The van der Waals surface area contributed by atoms with Crippen molar-refractivity contribution in [1.29, 1.82) is 0 Å².